The molecule has 5 heteroatoms. The van der Waals surface area contributed by atoms with Gasteiger partial charge in [0, 0.05) is 0 Å². The maximum absolute atomic E-state index is 12.5. The number of allylic oxidation sites excluding steroid dienone is 5. The van der Waals surface area contributed by atoms with Gasteiger partial charge in [0.25, 0.3) is 0 Å². The SMILES string of the molecule is CCCCCCCCCCC/C=C\CCCCCCCCC(O)C(=O)NC(CO)C(O)/C=C/CC/C=C/CCCCCCCCCCCCCC. The first kappa shape index (κ1) is 49.6. The summed E-state index contributed by atoms with van der Waals surface area (Å²) in [5.41, 5.74) is 0. The molecule has 0 heterocycles. The van der Waals surface area contributed by atoms with E-state index in [0.717, 1.165) is 38.5 Å². The van der Waals surface area contributed by atoms with Gasteiger partial charge in [-0.15, -0.1) is 0 Å². The van der Waals surface area contributed by atoms with Crippen LogP contribution in [0, 0.1) is 0 Å². The van der Waals surface area contributed by atoms with Crippen LogP contribution in [-0.2, 0) is 4.79 Å². The molecule has 0 spiro atoms. The summed E-state index contributed by atoms with van der Waals surface area (Å²) >= 11 is 0. The van der Waals surface area contributed by atoms with Crippen molar-refractivity contribution in [2.45, 2.75) is 244 Å². The molecule has 0 aromatic rings. The van der Waals surface area contributed by atoms with Crippen LogP contribution in [0.5, 0.6) is 0 Å². The van der Waals surface area contributed by atoms with E-state index in [4.69, 9.17) is 0 Å². The number of hydrogen-bond acceptors (Lipinski definition) is 4. The number of nitrogens with one attached hydrogen (secondary N) is 1. The maximum Gasteiger partial charge on any atom is 0.249 e. The highest BCUT2D eigenvalue weighted by Gasteiger charge is 2.22. The first-order chi connectivity index (χ1) is 25.1. The lowest BCUT2D eigenvalue weighted by Crippen LogP contribution is -2.48. The third-order valence-electron chi connectivity index (χ3n) is 10.2. The standard InChI is InChI=1S/C46H87NO4/c1-3-5-7-9-11-13-15-17-19-21-23-25-27-29-31-33-35-37-39-41-45(50)46(51)47-43(42-48)44(49)40-38-36-34-32-30-28-26-24-22-20-18-16-14-12-10-8-6-4-2/h23,25,30,32,38,40,43-45,48-50H,3-22,24,26-29,31,33-37,39,41-42H2,1-2H3,(H,47,51)/b25-23-,32-30+,40-38+. The molecule has 0 rings (SSSR count). The summed E-state index contributed by atoms with van der Waals surface area (Å²) in [4.78, 5) is 12.5. The molecule has 0 aliphatic rings. The van der Waals surface area contributed by atoms with E-state index in [1.165, 1.54) is 167 Å². The zero-order valence-electron chi connectivity index (χ0n) is 34.0. The Labute approximate surface area is 317 Å². The predicted octanol–water partition coefficient (Wildman–Crippen LogP) is 12.8. The van der Waals surface area contributed by atoms with Crippen molar-refractivity contribution in [2.24, 2.45) is 0 Å². The smallest absolute Gasteiger partial charge is 0.249 e. The largest absolute Gasteiger partial charge is 0.394 e. The van der Waals surface area contributed by atoms with Crippen LogP contribution in [0.2, 0.25) is 0 Å². The molecule has 0 bridgehead atoms. The third kappa shape index (κ3) is 36.7. The molecule has 0 aliphatic carbocycles. The minimum Gasteiger partial charge on any atom is -0.394 e. The van der Waals surface area contributed by atoms with E-state index in [9.17, 15) is 20.1 Å². The lowest BCUT2D eigenvalue weighted by molar-refractivity contribution is -0.131. The molecule has 0 saturated carbocycles. The van der Waals surface area contributed by atoms with Gasteiger partial charge < -0.3 is 20.6 Å². The van der Waals surface area contributed by atoms with Crippen molar-refractivity contribution in [3.05, 3.63) is 36.5 Å². The number of aliphatic hydroxyl groups is 3. The summed E-state index contributed by atoms with van der Waals surface area (Å²) in [5.74, 6) is -0.517. The fourth-order valence-electron chi connectivity index (χ4n) is 6.67. The van der Waals surface area contributed by atoms with Crippen LogP contribution in [0.15, 0.2) is 36.5 Å². The Morgan fingerprint density at radius 2 is 0.804 bits per heavy atom. The first-order valence-electron chi connectivity index (χ1n) is 22.3. The van der Waals surface area contributed by atoms with Crippen LogP contribution >= 0.6 is 0 Å². The highest BCUT2D eigenvalue weighted by molar-refractivity contribution is 5.80. The molecule has 0 aromatic heterocycles. The molecule has 5 nitrogen and oxygen atoms in total. The predicted molar refractivity (Wildman–Crippen MR) is 222 cm³/mol. The number of carbonyl (C=O) groups is 1. The molecule has 1 amide bonds. The van der Waals surface area contributed by atoms with Gasteiger partial charge in [-0.05, 0) is 57.8 Å². The Hall–Kier alpha value is -1.43. The summed E-state index contributed by atoms with van der Waals surface area (Å²) < 4.78 is 0. The van der Waals surface area contributed by atoms with Crippen molar-refractivity contribution >= 4 is 5.91 Å². The van der Waals surface area contributed by atoms with Crippen LogP contribution in [-0.4, -0.2) is 46.1 Å². The van der Waals surface area contributed by atoms with Crippen LogP contribution < -0.4 is 5.32 Å². The second-order valence-corrected chi connectivity index (χ2v) is 15.2. The Morgan fingerprint density at radius 3 is 1.20 bits per heavy atom. The fourth-order valence-corrected chi connectivity index (χ4v) is 6.67. The van der Waals surface area contributed by atoms with Gasteiger partial charge in [-0.2, -0.15) is 0 Å². The number of aliphatic hydroxyl groups excluding tert-OH is 3. The lowest BCUT2D eigenvalue weighted by Gasteiger charge is -2.21. The molecule has 0 aliphatic heterocycles. The molecule has 0 fully saturated rings. The minimum absolute atomic E-state index is 0.378. The summed E-state index contributed by atoms with van der Waals surface area (Å²) in [7, 11) is 0. The Bertz CT molecular complexity index is 794. The monoisotopic (exact) mass is 718 g/mol. The van der Waals surface area contributed by atoms with Crippen molar-refractivity contribution in [1.82, 2.24) is 5.32 Å². The van der Waals surface area contributed by atoms with Gasteiger partial charge in [0.2, 0.25) is 5.91 Å². The number of hydrogen-bond donors (Lipinski definition) is 4. The van der Waals surface area contributed by atoms with Crippen LogP contribution in [0.4, 0.5) is 0 Å². The quantitative estimate of drug-likeness (QED) is 0.0375. The average Bonchev–Trinajstić information content (AvgIpc) is 3.13. The molecule has 0 saturated heterocycles. The van der Waals surface area contributed by atoms with Crippen molar-refractivity contribution in [1.29, 1.82) is 0 Å². The Morgan fingerprint density at radius 1 is 0.471 bits per heavy atom. The van der Waals surface area contributed by atoms with Crippen molar-refractivity contribution in [3.63, 3.8) is 0 Å². The van der Waals surface area contributed by atoms with Crippen molar-refractivity contribution in [2.75, 3.05) is 6.61 Å². The van der Waals surface area contributed by atoms with E-state index in [2.05, 4.69) is 43.5 Å². The van der Waals surface area contributed by atoms with Gasteiger partial charge in [-0.1, -0.05) is 204 Å². The van der Waals surface area contributed by atoms with Gasteiger partial charge in [0.05, 0.1) is 18.8 Å². The summed E-state index contributed by atoms with van der Waals surface area (Å²) in [5, 5.41) is 33.1. The van der Waals surface area contributed by atoms with Gasteiger partial charge >= 0.3 is 0 Å². The van der Waals surface area contributed by atoms with E-state index in [1.807, 2.05) is 6.08 Å². The highest BCUT2D eigenvalue weighted by atomic mass is 16.3. The lowest BCUT2D eigenvalue weighted by atomic mass is 10.0. The Kier molecular flexibility index (Phi) is 40.2. The zero-order chi connectivity index (χ0) is 37.3. The molecule has 3 atom stereocenters. The number of amides is 1. The fraction of sp³-hybridized carbons (Fsp3) is 0.848. The van der Waals surface area contributed by atoms with Gasteiger partial charge in [-0.25, -0.2) is 0 Å². The molecule has 4 N–H and O–H groups in total. The third-order valence-corrected chi connectivity index (χ3v) is 10.2. The number of unbranched alkanes of at least 4 members (excludes halogenated alkanes) is 28. The minimum atomic E-state index is -1.11. The normalized spacial score (nSPS) is 13.9. The van der Waals surface area contributed by atoms with Crippen molar-refractivity contribution in [3.8, 4) is 0 Å². The number of rotatable bonds is 40. The van der Waals surface area contributed by atoms with E-state index < -0.39 is 24.2 Å². The summed E-state index contributed by atoms with van der Waals surface area (Å²) in [6.45, 7) is 4.17. The van der Waals surface area contributed by atoms with E-state index in [1.54, 1.807) is 6.08 Å². The second-order valence-electron chi connectivity index (χ2n) is 15.2. The molecular formula is C46H87NO4. The summed E-state index contributed by atoms with van der Waals surface area (Å²) in [6, 6.07) is -0.816. The molecule has 300 valence electrons. The van der Waals surface area contributed by atoms with Gasteiger partial charge in [0.15, 0.2) is 0 Å². The van der Waals surface area contributed by atoms with Crippen LogP contribution in [0.3, 0.4) is 0 Å². The van der Waals surface area contributed by atoms with E-state index in [-0.39, 0.29) is 6.61 Å². The number of carbonyl (C=O) groups excluding carboxylic acids is 1. The first-order valence-corrected chi connectivity index (χ1v) is 22.3. The van der Waals surface area contributed by atoms with Crippen LogP contribution in [0.1, 0.15) is 226 Å². The molecule has 3 unspecified atom stereocenters. The maximum atomic E-state index is 12.5. The summed E-state index contributed by atoms with van der Waals surface area (Å²) in [6.07, 6.45) is 51.8. The van der Waals surface area contributed by atoms with Gasteiger partial charge in [0.1, 0.15) is 6.10 Å². The zero-order valence-corrected chi connectivity index (χ0v) is 34.0. The Balaban J connectivity index is 3.72. The highest BCUT2D eigenvalue weighted by Crippen LogP contribution is 2.14. The molecular weight excluding hydrogens is 631 g/mol. The van der Waals surface area contributed by atoms with Gasteiger partial charge in [-0.3, -0.25) is 4.79 Å². The molecule has 51 heavy (non-hydrogen) atoms. The van der Waals surface area contributed by atoms with E-state index in [0.29, 0.717) is 6.42 Å². The van der Waals surface area contributed by atoms with Crippen LogP contribution in [0.25, 0.3) is 0 Å². The van der Waals surface area contributed by atoms with E-state index >= 15 is 0 Å². The average molecular weight is 718 g/mol. The van der Waals surface area contributed by atoms with Crippen molar-refractivity contribution < 1.29 is 20.1 Å². The topological polar surface area (TPSA) is 89.8 Å². The molecule has 0 radical (unpaired) electrons. The second kappa shape index (κ2) is 41.3. The molecule has 0 aromatic carbocycles.